The van der Waals surface area contributed by atoms with Gasteiger partial charge in [-0.05, 0) is 31.2 Å². The maximum absolute atomic E-state index is 12.5. The molecule has 2 heterocycles. The van der Waals surface area contributed by atoms with Gasteiger partial charge in [0.2, 0.25) is 0 Å². The lowest BCUT2D eigenvalue weighted by atomic mass is 10.3. The number of nitrogens with zero attached hydrogens (tertiary/aromatic N) is 4. The molecule has 0 spiro atoms. The van der Waals surface area contributed by atoms with Gasteiger partial charge in [0.1, 0.15) is 5.69 Å². The van der Waals surface area contributed by atoms with E-state index in [2.05, 4.69) is 9.98 Å². The standard InChI is InChI=1S/C19H19ClN4O4S/c1-5-27-18(26)14-15(16-21-13(10-23(2)3)17(25)28-16)24(4)19(22-14)29-12-8-6-11(20)7-9-12/h6-10H,5H2,1-4H3/b13-10-. The van der Waals surface area contributed by atoms with Crippen LogP contribution in [0.4, 0.5) is 0 Å². The summed E-state index contributed by atoms with van der Waals surface area (Å²) in [6.45, 7) is 1.89. The molecule has 0 aliphatic carbocycles. The Bertz CT molecular complexity index is 1010. The predicted octanol–water partition coefficient (Wildman–Crippen LogP) is 3.11. The molecule has 8 nitrogen and oxygen atoms in total. The van der Waals surface area contributed by atoms with Crippen molar-refractivity contribution in [3.05, 3.63) is 52.6 Å². The number of aromatic nitrogens is 2. The van der Waals surface area contributed by atoms with Crippen molar-refractivity contribution in [1.29, 1.82) is 0 Å². The van der Waals surface area contributed by atoms with Crippen LogP contribution in [0.2, 0.25) is 5.02 Å². The zero-order chi connectivity index (χ0) is 21.1. The number of ether oxygens (including phenoxy) is 2. The summed E-state index contributed by atoms with van der Waals surface area (Å²) in [6.07, 6.45) is 1.54. The minimum atomic E-state index is -0.621. The van der Waals surface area contributed by atoms with Crippen LogP contribution in [-0.4, -0.2) is 53.0 Å². The summed E-state index contributed by atoms with van der Waals surface area (Å²) in [4.78, 5) is 35.8. The van der Waals surface area contributed by atoms with E-state index in [1.165, 1.54) is 11.8 Å². The van der Waals surface area contributed by atoms with Crippen molar-refractivity contribution >= 4 is 41.2 Å². The molecule has 2 aromatic rings. The van der Waals surface area contributed by atoms with Crippen molar-refractivity contribution < 1.29 is 19.1 Å². The number of imidazole rings is 1. The zero-order valence-corrected chi connectivity index (χ0v) is 17.9. The van der Waals surface area contributed by atoms with E-state index in [1.807, 2.05) is 12.1 Å². The van der Waals surface area contributed by atoms with Gasteiger partial charge in [0.25, 0.3) is 5.90 Å². The number of carbonyl (C=O) groups is 2. The van der Waals surface area contributed by atoms with Crippen molar-refractivity contribution in [3.63, 3.8) is 0 Å². The van der Waals surface area contributed by atoms with E-state index in [-0.39, 0.29) is 29.6 Å². The van der Waals surface area contributed by atoms with Crippen LogP contribution in [0.15, 0.2) is 51.2 Å². The number of rotatable bonds is 6. The third-order valence-electron chi connectivity index (χ3n) is 3.75. The fraction of sp³-hybridized carbons (Fsp3) is 0.263. The largest absolute Gasteiger partial charge is 0.461 e. The Labute approximate surface area is 177 Å². The Hall–Kier alpha value is -2.78. The van der Waals surface area contributed by atoms with Crippen LogP contribution in [0, 0.1) is 0 Å². The zero-order valence-electron chi connectivity index (χ0n) is 16.3. The quantitative estimate of drug-likeness (QED) is 0.510. The lowest BCUT2D eigenvalue weighted by molar-refractivity contribution is -0.130. The first kappa shape index (κ1) is 20.9. The Morgan fingerprint density at radius 2 is 2.03 bits per heavy atom. The molecule has 0 bridgehead atoms. The van der Waals surface area contributed by atoms with E-state index in [0.717, 1.165) is 4.90 Å². The maximum Gasteiger partial charge on any atom is 0.365 e. The van der Waals surface area contributed by atoms with Crippen LogP contribution in [0.3, 0.4) is 0 Å². The number of hydrogen-bond donors (Lipinski definition) is 0. The second-order valence-corrected chi connectivity index (χ2v) is 7.69. The Kier molecular flexibility index (Phi) is 6.29. The topological polar surface area (TPSA) is 86.0 Å². The van der Waals surface area contributed by atoms with Crippen LogP contribution in [-0.2, 0) is 21.3 Å². The van der Waals surface area contributed by atoms with Gasteiger partial charge in [0.15, 0.2) is 16.5 Å². The van der Waals surface area contributed by atoms with Gasteiger partial charge in [-0.1, -0.05) is 23.4 Å². The van der Waals surface area contributed by atoms with E-state index in [9.17, 15) is 9.59 Å². The molecule has 0 saturated heterocycles. The minimum Gasteiger partial charge on any atom is -0.461 e. The molecule has 0 atom stereocenters. The molecule has 0 amide bonds. The van der Waals surface area contributed by atoms with E-state index >= 15 is 0 Å². The smallest absolute Gasteiger partial charge is 0.365 e. The van der Waals surface area contributed by atoms with Crippen molar-refractivity contribution in [2.75, 3.05) is 20.7 Å². The highest BCUT2D eigenvalue weighted by atomic mass is 35.5. The third-order valence-corrected chi connectivity index (χ3v) is 5.06. The van der Waals surface area contributed by atoms with Gasteiger partial charge in [-0.2, -0.15) is 0 Å². The van der Waals surface area contributed by atoms with Crippen LogP contribution in [0.25, 0.3) is 0 Å². The van der Waals surface area contributed by atoms with E-state index < -0.39 is 11.9 Å². The normalized spacial score (nSPS) is 14.7. The molecular formula is C19H19ClN4O4S. The molecule has 0 radical (unpaired) electrons. The van der Waals surface area contributed by atoms with E-state index in [0.29, 0.717) is 10.2 Å². The number of hydrogen-bond acceptors (Lipinski definition) is 8. The fourth-order valence-corrected chi connectivity index (χ4v) is 3.48. The molecule has 1 aromatic heterocycles. The number of esters is 2. The molecule has 1 aliphatic heterocycles. The molecule has 3 rings (SSSR count). The van der Waals surface area contributed by atoms with Crippen molar-refractivity contribution in [2.45, 2.75) is 17.0 Å². The van der Waals surface area contributed by atoms with Gasteiger partial charge in [-0.3, -0.25) is 0 Å². The summed E-state index contributed by atoms with van der Waals surface area (Å²) in [5.41, 5.74) is 0.437. The molecule has 0 fully saturated rings. The van der Waals surface area contributed by atoms with Crippen LogP contribution in [0.1, 0.15) is 23.1 Å². The summed E-state index contributed by atoms with van der Waals surface area (Å²) in [5.74, 6) is -1.22. The van der Waals surface area contributed by atoms with Gasteiger partial charge in [0, 0.05) is 37.3 Å². The van der Waals surface area contributed by atoms with Crippen molar-refractivity contribution in [1.82, 2.24) is 14.5 Å². The Balaban J connectivity index is 2.05. The Morgan fingerprint density at radius 1 is 1.34 bits per heavy atom. The lowest BCUT2D eigenvalue weighted by Gasteiger charge is -2.06. The molecule has 0 N–H and O–H groups in total. The first-order valence-electron chi connectivity index (χ1n) is 8.67. The number of benzene rings is 1. The van der Waals surface area contributed by atoms with Gasteiger partial charge < -0.3 is 18.9 Å². The summed E-state index contributed by atoms with van der Waals surface area (Å²) in [7, 11) is 5.25. The van der Waals surface area contributed by atoms with Crippen molar-refractivity contribution in [3.8, 4) is 0 Å². The molecule has 29 heavy (non-hydrogen) atoms. The molecule has 1 aliphatic rings. The molecule has 152 valence electrons. The monoisotopic (exact) mass is 434 g/mol. The third kappa shape index (κ3) is 4.63. The highest BCUT2D eigenvalue weighted by Gasteiger charge is 2.33. The highest BCUT2D eigenvalue weighted by molar-refractivity contribution is 7.99. The minimum absolute atomic E-state index is 0.00380. The van der Waals surface area contributed by atoms with Crippen LogP contribution >= 0.6 is 23.4 Å². The first-order chi connectivity index (χ1) is 13.8. The van der Waals surface area contributed by atoms with E-state index in [4.69, 9.17) is 21.1 Å². The summed E-state index contributed by atoms with van der Waals surface area (Å²) in [6, 6.07) is 7.22. The second kappa shape index (κ2) is 8.71. The van der Waals surface area contributed by atoms with E-state index in [1.54, 1.807) is 55.9 Å². The first-order valence-corrected chi connectivity index (χ1v) is 9.86. The van der Waals surface area contributed by atoms with Gasteiger partial charge in [-0.25, -0.2) is 19.6 Å². The summed E-state index contributed by atoms with van der Waals surface area (Å²) >= 11 is 7.27. The molecule has 0 saturated carbocycles. The average Bonchev–Trinajstić information content (AvgIpc) is 3.17. The Morgan fingerprint density at radius 3 is 2.66 bits per heavy atom. The lowest BCUT2D eigenvalue weighted by Crippen LogP contribution is -2.16. The van der Waals surface area contributed by atoms with Crippen LogP contribution in [0.5, 0.6) is 0 Å². The number of halogens is 1. The van der Waals surface area contributed by atoms with Crippen molar-refractivity contribution in [2.24, 2.45) is 12.0 Å². The number of carbonyl (C=O) groups excluding carboxylic acids is 2. The molecule has 1 aromatic carbocycles. The summed E-state index contributed by atoms with van der Waals surface area (Å²) in [5, 5.41) is 1.13. The fourth-order valence-electron chi connectivity index (χ4n) is 2.51. The van der Waals surface area contributed by atoms with Crippen LogP contribution < -0.4 is 0 Å². The molecule has 10 heteroatoms. The number of aliphatic imine (C=N–C) groups is 1. The van der Waals surface area contributed by atoms with Gasteiger partial charge >= 0.3 is 11.9 Å². The molecular weight excluding hydrogens is 416 g/mol. The maximum atomic E-state index is 12.5. The van der Waals surface area contributed by atoms with Gasteiger partial charge in [0.05, 0.1) is 6.61 Å². The molecule has 0 unspecified atom stereocenters. The predicted molar refractivity (Wildman–Crippen MR) is 109 cm³/mol. The van der Waals surface area contributed by atoms with Gasteiger partial charge in [-0.15, -0.1) is 0 Å². The number of cyclic esters (lactones) is 1. The highest BCUT2D eigenvalue weighted by Crippen LogP contribution is 2.31. The second-order valence-electron chi connectivity index (χ2n) is 6.21. The SMILES string of the molecule is CCOC(=O)c1nc(Sc2ccc(Cl)cc2)n(C)c1C1=N/C(=C\N(C)C)C(=O)O1. The summed E-state index contributed by atoms with van der Waals surface area (Å²) < 4.78 is 12.1. The average molecular weight is 435 g/mol.